The highest BCUT2D eigenvalue weighted by molar-refractivity contribution is 5.99. The van der Waals surface area contributed by atoms with Crippen LogP contribution >= 0.6 is 0 Å². The van der Waals surface area contributed by atoms with Gasteiger partial charge in [0, 0.05) is 5.56 Å². The molecule has 0 bridgehead atoms. The van der Waals surface area contributed by atoms with Gasteiger partial charge in [-0.05, 0) is 46.9 Å². The van der Waals surface area contributed by atoms with Gasteiger partial charge in [0.2, 0.25) is 0 Å². The molecule has 0 spiro atoms. The number of ketones is 1. The Morgan fingerprint density at radius 2 is 1.57 bits per heavy atom. The van der Waals surface area contributed by atoms with Crippen LogP contribution in [-0.2, 0) is 16.0 Å². The lowest BCUT2D eigenvalue weighted by atomic mass is 10.0. The van der Waals surface area contributed by atoms with Crippen molar-refractivity contribution in [3.05, 3.63) is 89.5 Å². The van der Waals surface area contributed by atoms with Crippen LogP contribution in [0.3, 0.4) is 0 Å². The highest BCUT2D eigenvalue weighted by atomic mass is 16.5. The number of Topliss-reactive ketones (excluding diaryl/α,β-unsaturated/α-hetero) is 1. The van der Waals surface area contributed by atoms with E-state index in [0.29, 0.717) is 11.3 Å². The molecule has 0 heterocycles. The molecule has 0 amide bonds. The molecule has 0 unspecified atom stereocenters. The lowest BCUT2D eigenvalue weighted by Gasteiger charge is -2.08. The third-order valence-electron chi connectivity index (χ3n) is 4.80. The first kappa shape index (κ1) is 18.0. The first-order valence-electron chi connectivity index (χ1n) is 9.28. The number of hydrogen-bond acceptors (Lipinski definition) is 4. The van der Waals surface area contributed by atoms with E-state index in [4.69, 9.17) is 9.47 Å². The van der Waals surface area contributed by atoms with Crippen LogP contribution in [0, 0.1) is 0 Å². The quantitative estimate of drug-likeness (QED) is 0.355. The fourth-order valence-electron chi connectivity index (χ4n) is 3.37. The van der Waals surface area contributed by atoms with Gasteiger partial charge in [0.05, 0.1) is 13.0 Å². The van der Waals surface area contributed by atoms with E-state index in [1.165, 1.54) is 16.7 Å². The van der Waals surface area contributed by atoms with Gasteiger partial charge in [0.25, 0.3) is 0 Å². The summed E-state index contributed by atoms with van der Waals surface area (Å²) in [5.74, 6) is 0.0464. The van der Waals surface area contributed by atoms with Gasteiger partial charge in [-0.3, -0.25) is 9.59 Å². The second kappa shape index (κ2) is 8.09. The van der Waals surface area contributed by atoms with Gasteiger partial charge >= 0.3 is 5.97 Å². The Hall–Kier alpha value is -3.40. The summed E-state index contributed by atoms with van der Waals surface area (Å²) in [4.78, 5) is 24.3. The van der Waals surface area contributed by atoms with Gasteiger partial charge in [0.15, 0.2) is 12.4 Å². The SMILES string of the molecule is O=C(CCOc1ccccc1)OCC(=O)c1ccc2c(c1)-c1ccccc1C2. The van der Waals surface area contributed by atoms with Gasteiger partial charge in [-0.1, -0.05) is 54.6 Å². The molecule has 3 aromatic carbocycles. The molecule has 1 aliphatic carbocycles. The second-order valence-corrected chi connectivity index (χ2v) is 6.70. The molecule has 0 saturated heterocycles. The smallest absolute Gasteiger partial charge is 0.309 e. The van der Waals surface area contributed by atoms with Crippen LogP contribution in [0.4, 0.5) is 0 Å². The van der Waals surface area contributed by atoms with Crippen LogP contribution in [-0.4, -0.2) is 25.0 Å². The maximum absolute atomic E-state index is 12.4. The van der Waals surface area contributed by atoms with Crippen molar-refractivity contribution in [1.29, 1.82) is 0 Å². The van der Waals surface area contributed by atoms with E-state index in [1.54, 1.807) is 6.07 Å². The average Bonchev–Trinajstić information content (AvgIpc) is 3.10. The molecule has 0 N–H and O–H groups in total. The fourth-order valence-corrected chi connectivity index (χ4v) is 3.37. The summed E-state index contributed by atoms with van der Waals surface area (Å²) >= 11 is 0. The number of hydrogen-bond donors (Lipinski definition) is 0. The standard InChI is InChI=1S/C24H20O4/c25-23(16-28-24(26)12-13-27-20-7-2-1-3-8-20)19-11-10-18-14-17-6-4-5-9-21(17)22(18)15-19/h1-11,15H,12-14,16H2. The zero-order valence-electron chi connectivity index (χ0n) is 15.4. The van der Waals surface area contributed by atoms with Crippen molar-refractivity contribution >= 4 is 11.8 Å². The second-order valence-electron chi connectivity index (χ2n) is 6.70. The number of rotatable bonds is 7. The molecule has 0 saturated carbocycles. The molecule has 0 atom stereocenters. The number of esters is 1. The van der Waals surface area contributed by atoms with Crippen molar-refractivity contribution in [2.75, 3.05) is 13.2 Å². The van der Waals surface area contributed by atoms with E-state index in [0.717, 1.165) is 12.0 Å². The lowest BCUT2D eigenvalue weighted by Crippen LogP contribution is -2.16. The number of para-hydroxylation sites is 1. The Morgan fingerprint density at radius 1 is 0.821 bits per heavy atom. The van der Waals surface area contributed by atoms with E-state index < -0.39 is 5.97 Å². The molecule has 0 aromatic heterocycles. The highest BCUT2D eigenvalue weighted by Gasteiger charge is 2.20. The molecular formula is C24H20O4. The van der Waals surface area contributed by atoms with Crippen molar-refractivity contribution in [2.45, 2.75) is 12.8 Å². The van der Waals surface area contributed by atoms with Crippen molar-refractivity contribution in [2.24, 2.45) is 0 Å². The van der Waals surface area contributed by atoms with Crippen molar-refractivity contribution < 1.29 is 19.1 Å². The monoisotopic (exact) mass is 372 g/mol. The Balaban J connectivity index is 1.31. The Labute approximate surface area is 163 Å². The maximum atomic E-state index is 12.4. The molecular weight excluding hydrogens is 352 g/mol. The third-order valence-corrected chi connectivity index (χ3v) is 4.80. The van der Waals surface area contributed by atoms with Gasteiger partial charge in [0.1, 0.15) is 5.75 Å². The van der Waals surface area contributed by atoms with Crippen molar-refractivity contribution in [3.63, 3.8) is 0 Å². The van der Waals surface area contributed by atoms with Gasteiger partial charge < -0.3 is 9.47 Å². The molecule has 140 valence electrons. The fraction of sp³-hybridized carbons (Fsp3) is 0.167. The van der Waals surface area contributed by atoms with E-state index in [2.05, 4.69) is 12.1 Å². The lowest BCUT2D eigenvalue weighted by molar-refractivity contribution is -0.143. The molecule has 4 rings (SSSR count). The minimum Gasteiger partial charge on any atom is -0.493 e. The summed E-state index contributed by atoms with van der Waals surface area (Å²) in [6, 6.07) is 23.2. The molecule has 0 radical (unpaired) electrons. The van der Waals surface area contributed by atoms with Gasteiger partial charge in [-0.2, -0.15) is 0 Å². The van der Waals surface area contributed by atoms with E-state index in [9.17, 15) is 9.59 Å². The largest absolute Gasteiger partial charge is 0.493 e. The minimum atomic E-state index is -0.448. The van der Waals surface area contributed by atoms with Crippen LogP contribution in [0.2, 0.25) is 0 Å². The first-order chi connectivity index (χ1) is 13.7. The van der Waals surface area contributed by atoms with Crippen LogP contribution in [0.1, 0.15) is 27.9 Å². The minimum absolute atomic E-state index is 0.0970. The first-order valence-corrected chi connectivity index (χ1v) is 9.28. The van der Waals surface area contributed by atoms with Crippen LogP contribution in [0.5, 0.6) is 5.75 Å². The van der Waals surface area contributed by atoms with E-state index >= 15 is 0 Å². The van der Waals surface area contributed by atoms with Crippen molar-refractivity contribution in [1.82, 2.24) is 0 Å². The van der Waals surface area contributed by atoms with Crippen LogP contribution in [0.15, 0.2) is 72.8 Å². The molecule has 28 heavy (non-hydrogen) atoms. The summed E-state index contributed by atoms with van der Waals surface area (Å²) in [7, 11) is 0. The molecule has 0 fully saturated rings. The van der Waals surface area contributed by atoms with Crippen LogP contribution < -0.4 is 4.74 Å². The molecule has 4 nitrogen and oxygen atoms in total. The van der Waals surface area contributed by atoms with Gasteiger partial charge in [-0.15, -0.1) is 0 Å². The zero-order valence-corrected chi connectivity index (χ0v) is 15.4. The predicted molar refractivity (Wildman–Crippen MR) is 107 cm³/mol. The molecule has 1 aliphatic rings. The van der Waals surface area contributed by atoms with Gasteiger partial charge in [-0.25, -0.2) is 0 Å². The number of fused-ring (bicyclic) bond motifs is 3. The number of ether oxygens (including phenoxy) is 2. The Bertz CT molecular complexity index is 1010. The third kappa shape index (κ3) is 3.96. The summed E-state index contributed by atoms with van der Waals surface area (Å²) in [5, 5.41) is 0. The normalized spacial score (nSPS) is 11.4. The average molecular weight is 372 g/mol. The number of carbonyl (C=O) groups excluding carboxylic acids is 2. The Morgan fingerprint density at radius 3 is 2.43 bits per heavy atom. The zero-order chi connectivity index (χ0) is 19.3. The van der Waals surface area contributed by atoms with E-state index in [-0.39, 0.29) is 25.4 Å². The predicted octanol–water partition coefficient (Wildman–Crippen LogP) is 4.45. The summed E-state index contributed by atoms with van der Waals surface area (Å²) in [6.45, 7) is -0.0444. The molecule has 4 heteroatoms. The summed E-state index contributed by atoms with van der Waals surface area (Å²) < 4.78 is 10.6. The number of benzene rings is 3. The summed E-state index contributed by atoms with van der Waals surface area (Å²) in [6.07, 6.45) is 0.982. The topological polar surface area (TPSA) is 52.6 Å². The Kier molecular flexibility index (Phi) is 5.20. The highest BCUT2D eigenvalue weighted by Crippen LogP contribution is 2.36. The van der Waals surface area contributed by atoms with E-state index in [1.807, 2.05) is 54.6 Å². The molecule has 0 aliphatic heterocycles. The number of carbonyl (C=O) groups is 2. The van der Waals surface area contributed by atoms with Crippen LogP contribution in [0.25, 0.3) is 11.1 Å². The maximum Gasteiger partial charge on any atom is 0.309 e. The summed E-state index contributed by atoms with van der Waals surface area (Å²) in [5.41, 5.74) is 5.30. The molecule has 3 aromatic rings. The van der Waals surface area contributed by atoms with Crippen molar-refractivity contribution in [3.8, 4) is 16.9 Å².